The van der Waals surface area contributed by atoms with E-state index in [4.69, 9.17) is 14.2 Å². The van der Waals surface area contributed by atoms with Crippen molar-refractivity contribution in [1.29, 1.82) is 0 Å². The number of hydrogen-bond acceptors (Lipinski definition) is 5. The van der Waals surface area contributed by atoms with Gasteiger partial charge in [-0.3, -0.25) is 0 Å². The molecule has 0 spiro atoms. The van der Waals surface area contributed by atoms with Crippen LogP contribution in [0.4, 0.5) is 0 Å². The zero-order chi connectivity index (χ0) is 17.4. The van der Waals surface area contributed by atoms with Gasteiger partial charge in [-0.1, -0.05) is 18.2 Å². The molecule has 0 aliphatic carbocycles. The lowest BCUT2D eigenvalue weighted by Crippen LogP contribution is -2.12. The Morgan fingerprint density at radius 2 is 1.62 bits per heavy atom. The Morgan fingerprint density at radius 1 is 0.917 bits per heavy atom. The molecule has 24 heavy (non-hydrogen) atoms. The van der Waals surface area contributed by atoms with E-state index in [2.05, 4.69) is 0 Å². The molecule has 0 unspecified atom stereocenters. The predicted molar refractivity (Wildman–Crippen MR) is 89.4 cm³/mol. The highest BCUT2D eigenvalue weighted by Crippen LogP contribution is 2.16. The monoisotopic (exact) mass is 328 g/mol. The molecule has 0 amide bonds. The van der Waals surface area contributed by atoms with Gasteiger partial charge in [0.1, 0.15) is 12.4 Å². The van der Waals surface area contributed by atoms with Crippen molar-refractivity contribution in [2.75, 3.05) is 19.8 Å². The van der Waals surface area contributed by atoms with Crippen LogP contribution in [0.15, 0.2) is 48.5 Å². The maximum atomic E-state index is 12.1. The SMILES string of the molecule is CCOCCOC(=O)c1ccc(OC(=O)c2ccccc2C)cc1. The third-order valence-electron chi connectivity index (χ3n) is 3.33. The number of esters is 2. The van der Waals surface area contributed by atoms with E-state index in [-0.39, 0.29) is 6.61 Å². The minimum atomic E-state index is -0.438. The fourth-order valence-corrected chi connectivity index (χ4v) is 2.04. The molecule has 2 aromatic rings. The molecule has 0 bridgehead atoms. The lowest BCUT2D eigenvalue weighted by atomic mass is 10.1. The van der Waals surface area contributed by atoms with E-state index in [0.29, 0.717) is 30.1 Å². The molecule has 0 fully saturated rings. The van der Waals surface area contributed by atoms with Crippen LogP contribution in [0.2, 0.25) is 0 Å². The number of carbonyl (C=O) groups excluding carboxylic acids is 2. The molecule has 0 aromatic heterocycles. The lowest BCUT2D eigenvalue weighted by Gasteiger charge is -2.08. The zero-order valence-electron chi connectivity index (χ0n) is 13.8. The van der Waals surface area contributed by atoms with E-state index >= 15 is 0 Å². The number of carbonyl (C=O) groups is 2. The second-order valence-corrected chi connectivity index (χ2v) is 5.06. The summed E-state index contributed by atoms with van der Waals surface area (Å²) in [5.74, 6) is -0.499. The summed E-state index contributed by atoms with van der Waals surface area (Å²) in [6, 6.07) is 13.4. The first-order valence-electron chi connectivity index (χ1n) is 7.74. The number of rotatable bonds is 7. The molecule has 0 heterocycles. The molecule has 2 aromatic carbocycles. The second kappa shape index (κ2) is 8.84. The summed E-state index contributed by atoms with van der Waals surface area (Å²) < 4.78 is 15.5. The molecular weight excluding hydrogens is 308 g/mol. The fourth-order valence-electron chi connectivity index (χ4n) is 2.04. The van der Waals surface area contributed by atoms with Crippen LogP contribution >= 0.6 is 0 Å². The van der Waals surface area contributed by atoms with Crippen molar-refractivity contribution in [3.63, 3.8) is 0 Å². The Kier molecular flexibility index (Phi) is 6.51. The van der Waals surface area contributed by atoms with E-state index in [0.717, 1.165) is 5.56 Å². The Hall–Kier alpha value is -2.66. The quantitative estimate of drug-likeness (QED) is 0.443. The summed E-state index contributed by atoms with van der Waals surface area (Å²) in [7, 11) is 0. The topological polar surface area (TPSA) is 61.8 Å². The first-order chi connectivity index (χ1) is 11.6. The molecule has 126 valence electrons. The highest BCUT2D eigenvalue weighted by molar-refractivity contribution is 5.93. The van der Waals surface area contributed by atoms with E-state index < -0.39 is 11.9 Å². The van der Waals surface area contributed by atoms with Crippen LogP contribution < -0.4 is 4.74 Å². The molecule has 0 N–H and O–H groups in total. The first kappa shape index (κ1) is 17.7. The first-order valence-corrected chi connectivity index (χ1v) is 7.74. The standard InChI is InChI=1S/C19H20O5/c1-3-22-12-13-23-18(20)15-8-10-16(11-9-15)24-19(21)17-7-5-4-6-14(17)2/h4-11H,3,12-13H2,1-2H3. The van der Waals surface area contributed by atoms with Crippen molar-refractivity contribution in [3.8, 4) is 5.75 Å². The van der Waals surface area contributed by atoms with Crippen LogP contribution in [0.1, 0.15) is 33.2 Å². The Bertz CT molecular complexity index is 691. The van der Waals surface area contributed by atoms with Crippen LogP contribution in [0.3, 0.4) is 0 Å². The number of benzene rings is 2. The van der Waals surface area contributed by atoms with Gasteiger partial charge in [0.05, 0.1) is 17.7 Å². The van der Waals surface area contributed by atoms with Crippen molar-refractivity contribution in [1.82, 2.24) is 0 Å². The maximum absolute atomic E-state index is 12.1. The number of hydrogen-bond donors (Lipinski definition) is 0. The highest BCUT2D eigenvalue weighted by atomic mass is 16.6. The smallest absolute Gasteiger partial charge is 0.343 e. The van der Waals surface area contributed by atoms with Crippen LogP contribution in [0.25, 0.3) is 0 Å². The number of ether oxygens (including phenoxy) is 3. The average Bonchev–Trinajstić information content (AvgIpc) is 2.59. The fraction of sp³-hybridized carbons (Fsp3) is 0.263. The molecule has 0 saturated heterocycles. The molecule has 0 radical (unpaired) electrons. The van der Waals surface area contributed by atoms with Crippen molar-refractivity contribution in [2.24, 2.45) is 0 Å². The van der Waals surface area contributed by atoms with Gasteiger partial charge in [-0.15, -0.1) is 0 Å². The van der Waals surface area contributed by atoms with Gasteiger partial charge in [0.25, 0.3) is 0 Å². The minimum absolute atomic E-state index is 0.205. The van der Waals surface area contributed by atoms with E-state index in [9.17, 15) is 9.59 Å². The van der Waals surface area contributed by atoms with Gasteiger partial charge in [-0.25, -0.2) is 9.59 Å². The third kappa shape index (κ3) is 4.93. The van der Waals surface area contributed by atoms with E-state index in [1.54, 1.807) is 36.4 Å². The molecule has 2 rings (SSSR count). The Balaban J connectivity index is 1.93. The largest absolute Gasteiger partial charge is 0.460 e. The molecule has 0 saturated carbocycles. The molecule has 0 aliphatic heterocycles. The van der Waals surface area contributed by atoms with Crippen LogP contribution in [-0.4, -0.2) is 31.8 Å². The molecule has 0 aliphatic rings. The summed E-state index contributed by atoms with van der Waals surface area (Å²) in [6.45, 7) is 4.88. The zero-order valence-corrected chi connectivity index (χ0v) is 13.8. The van der Waals surface area contributed by atoms with Crippen LogP contribution in [0.5, 0.6) is 5.75 Å². The molecule has 5 heteroatoms. The summed E-state index contributed by atoms with van der Waals surface area (Å²) >= 11 is 0. The van der Waals surface area contributed by atoms with Crippen molar-refractivity contribution >= 4 is 11.9 Å². The lowest BCUT2D eigenvalue weighted by molar-refractivity contribution is 0.0335. The summed E-state index contributed by atoms with van der Waals surface area (Å²) in [5.41, 5.74) is 1.75. The van der Waals surface area contributed by atoms with Gasteiger partial charge in [-0.2, -0.15) is 0 Å². The van der Waals surface area contributed by atoms with E-state index in [1.807, 2.05) is 26.0 Å². The summed E-state index contributed by atoms with van der Waals surface area (Å²) in [5, 5.41) is 0. The molecular formula is C19H20O5. The number of aryl methyl sites for hydroxylation is 1. The predicted octanol–water partition coefficient (Wildman–Crippen LogP) is 3.41. The van der Waals surface area contributed by atoms with Crippen molar-refractivity contribution in [3.05, 3.63) is 65.2 Å². The highest BCUT2D eigenvalue weighted by Gasteiger charge is 2.12. The molecule has 0 atom stereocenters. The summed E-state index contributed by atoms with van der Waals surface area (Å²) in [6.07, 6.45) is 0. The Morgan fingerprint density at radius 3 is 2.29 bits per heavy atom. The normalized spacial score (nSPS) is 10.2. The third-order valence-corrected chi connectivity index (χ3v) is 3.33. The maximum Gasteiger partial charge on any atom is 0.343 e. The molecule has 5 nitrogen and oxygen atoms in total. The van der Waals surface area contributed by atoms with Crippen molar-refractivity contribution < 1.29 is 23.8 Å². The van der Waals surface area contributed by atoms with Gasteiger partial charge in [-0.05, 0) is 49.7 Å². The minimum Gasteiger partial charge on any atom is -0.460 e. The van der Waals surface area contributed by atoms with Crippen LogP contribution in [0, 0.1) is 6.92 Å². The van der Waals surface area contributed by atoms with Crippen molar-refractivity contribution in [2.45, 2.75) is 13.8 Å². The van der Waals surface area contributed by atoms with Gasteiger partial charge in [0.2, 0.25) is 0 Å². The van der Waals surface area contributed by atoms with E-state index in [1.165, 1.54) is 0 Å². The van der Waals surface area contributed by atoms with Gasteiger partial charge >= 0.3 is 11.9 Å². The average molecular weight is 328 g/mol. The summed E-state index contributed by atoms with van der Waals surface area (Å²) in [4.78, 5) is 24.0. The van der Waals surface area contributed by atoms with Gasteiger partial charge in [0.15, 0.2) is 0 Å². The second-order valence-electron chi connectivity index (χ2n) is 5.06. The van der Waals surface area contributed by atoms with Gasteiger partial charge in [0, 0.05) is 6.61 Å². The van der Waals surface area contributed by atoms with Crippen LogP contribution in [-0.2, 0) is 9.47 Å². The Labute approximate surface area is 141 Å². The van der Waals surface area contributed by atoms with Gasteiger partial charge < -0.3 is 14.2 Å².